The Morgan fingerprint density at radius 3 is 1.67 bits per heavy atom. The van der Waals surface area contributed by atoms with Crippen LogP contribution in [0.5, 0.6) is 0 Å². The number of nitrogens with zero attached hydrogens (tertiary/aromatic N) is 1. The standard InChI is InChI=1S/C7H7Cl.C5H5N.ClH/c8-6-7-4-2-1-3-5-7;1-2-4-6-5-3-1;/h1-5H,6H2;1-5H;1H. The van der Waals surface area contributed by atoms with E-state index in [0.717, 1.165) is 0 Å². The molecule has 0 radical (unpaired) electrons. The van der Waals surface area contributed by atoms with Crippen LogP contribution in [0.25, 0.3) is 0 Å². The molecule has 1 aromatic carbocycles. The topological polar surface area (TPSA) is 12.9 Å². The minimum absolute atomic E-state index is 0. The van der Waals surface area contributed by atoms with Crippen LogP contribution in [-0.4, -0.2) is 4.98 Å². The minimum Gasteiger partial charge on any atom is -0.265 e. The summed E-state index contributed by atoms with van der Waals surface area (Å²) in [5.74, 6) is 0.612. The second kappa shape index (κ2) is 9.50. The van der Waals surface area contributed by atoms with Gasteiger partial charge in [0, 0.05) is 18.3 Å². The Morgan fingerprint density at radius 2 is 1.40 bits per heavy atom. The van der Waals surface area contributed by atoms with Crippen molar-refractivity contribution in [2.75, 3.05) is 0 Å². The molecule has 0 aliphatic carbocycles. The van der Waals surface area contributed by atoms with Crippen LogP contribution in [0.1, 0.15) is 5.56 Å². The summed E-state index contributed by atoms with van der Waals surface area (Å²) in [6.07, 6.45) is 3.50. The van der Waals surface area contributed by atoms with Crippen LogP contribution in [0.15, 0.2) is 60.9 Å². The highest BCUT2D eigenvalue weighted by molar-refractivity contribution is 6.17. The first-order chi connectivity index (χ1) is 6.93. The lowest BCUT2D eigenvalue weighted by molar-refractivity contribution is 1.33. The maximum absolute atomic E-state index is 5.53. The van der Waals surface area contributed by atoms with Gasteiger partial charge in [-0.15, -0.1) is 24.0 Å². The summed E-state index contributed by atoms with van der Waals surface area (Å²) < 4.78 is 0. The van der Waals surface area contributed by atoms with Crippen molar-refractivity contribution >= 4 is 24.0 Å². The molecule has 1 heterocycles. The Hall–Kier alpha value is -1.05. The fourth-order valence-electron chi connectivity index (χ4n) is 0.880. The molecule has 2 rings (SSSR count). The van der Waals surface area contributed by atoms with Gasteiger partial charge in [-0.25, -0.2) is 0 Å². The first kappa shape index (κ1) is 13.9. The highest BCUT2D eigenvalue weighted by atomic mass is 35.5. The summed E-state index contributed by atoms with van der Waals surface area (Å²) in [5.41, 5.74) is 1.18. The highest BCUT2D eigenvalue weighted by Gasteiger charge is 1.81. The molecule has 3 heteroatoms. The van der Waals surface area contributed by atoms with Gasteiger partial charge in [0.15, 0.2) is 0 Å². The Kier molecular flexibility index (Phi) is 8.84. The van der Waals surface area contributed by atoms with Crippen molar-refractivity contribution in [3.8, 4) is 0 Å². The van der Waals surface area contributed by atoms with Gasteiger partial charge in [-0.05, 0) is 17.7 Å². The molecule has 0 N–H and O–H groups in total. The van der Waals surface area contributed by atoms with E-state index in [0.29, 0.717) is 5.88 Å². The maximum atomic E-state index is 5.53. The van der Waals surface area contributed by atoms with Crippen LogP contribution in [0.4, 0.5) is 0 Å². The van der Waals surface area contributed by atoms with Gasteiger partial charge in [0.05, 0.1) is 0 Å². The van der Waals surface area contributed by atoms with Gasteiger partial charge >= 0.3 is 0 Å². The van der Waals surface area contributed by atoms with E-state index in [1.54, 1.807) is 12.4 Å². The number of hydrogen-bond acceptors (Lipinski definition) is 1. The number of aromatic nitrogens is 1. The third kappa shape index (κ3) is 6.95. The molecule has 80 valence electrons. The van der Waals surface area contributed by atoms with Gasteiger partial charge < -0.3 is 0 Å². The summed E-state index contributed by atoms with van der Waals surface area (Å²) in [6, 6.07) is 15.7. The average Bonchev–Trinajstić information content (AvgIpc) is 2.33. The van der Waals surface area contributed by atoms with E-state index in [1.165, 1.54) is 5.56 Å². The lowest BCUT2D eigenvalue weighted by Crippen LogP contribution is -1.71. The van der Waals surface area contributed by atoms with Gasteiger partial charge in [-0.3, -0.25) is 4.98 Å². The van der Waals surface area contributed by atoms with Crippen molar-refractivity contribution in [1.82, 2.24) is 4.98 Å². The zero-order valence-electron chi connectivity index (χ0n) is 8.21. The SMILES string of the molecule is Cl.ClCc1ccccc1.c1ccncc1. The zero-order valence-corrected chi connectivity index (χ0v) is 9.79. The fourth-order valence-corrected chi connectivity index (χ4v) is 1.06. The van der Waals surface area contributed by atoms with Gasteiger partial charge in [-0.2, -0.15) is 0 Å². The lowest BCUT2D eigenvalue weighted by Gasteiger charge is -1.88. The predicted molar refractivity (Wildman–Crippen MR) is 67.5 cm³/mol. The first-order valence-corrected chi connectivity index (χ1v) is 4.92. The quantitative estimate of drug-likeness (QED) is 0.690. The molecule has 0 spiro atoms. The third-order valence-electron chi connectivity index (χ3n) is 1.56. The van der Waals surface area contributed by atoms with E-state index in [2.05, 4.69) is 4.98 Å². The largest absolute Gasteiger partial charge is 0.265 e. The number of hydrogen-bond donors (Lipinski definition) is 0. The summed E-state index contributed by atoms with van der Waals surface area (Å²) in [4.78, 5) is 3.78. The van der Waals surface area contributed by atoms with Crippen LogP contribution in [0.3, 0.4) is 0 Å². The molecular weight excluding hydrogens is 229 g/mol. The van der Waals surface area contributed by atoms with Crippen molar-refractivity contribution in [1.29, 1.82) is 0 Å². The molecule has 0 fully saturated rings. The number of halogens is 2. The molecule has 1 aromatic heterocycles. The smallest absolute Gasteiger partial charge is 0.0474 e. The summed E-state index contributed by atoms with van der Waals surface area (Å²) in [6.45, 7) is 0. The monoisotopic (exact) mass is 241 g/mol. The number of benzene rings is 1. The normalized spacial score (nSPS) is 8.07. The van der Waals surface area contributed by atoms with Crippen molar-refractivity contribution < 1.29 is 0 Å². The molecule has 0 aliphatic heterocycles. The molecule has 2 aromatic rings. The molecular formula is C12H13Cl2N. The molecule has 0 atom stereocenters. The van der Waals surface area contributed by atoms with E-state index in [4.69, 9.17) is 11.6 Å². The van der Waals surface area contributed by atoms with E-state index in [-0.39, 0.29) is 12.4 Å². The second-order valence-electron chi connectivity index (χ2n) is 2.64. The number of pyridine rings is 1. The van der Waals surface area contributed by atoms with Crippen molar-refractivity contribution in [2.45, 2.75) is 5.88 Å². The van der Waals surface area contributed by atoms with Crippen LogP contribution >= 0.6 is 24.0 Å². The highest BCUT2D eigenvalue weighted by Crippen LogP contribution is 2.00. The molecule has 0 unspecified atom stereocenters. The Bertz CT molecular complexity index is 297. The minimum atomic E-state index is 0. The van der Waals surface area contributed by atoms with Gasteiger partial charge in [0.25, 0.3) is 0 Å². The van der Waals surface area contributed by atoms with E-state index < -0.39 is 0 Å². The van der Waals surface area contributed by atoms with E-state index in [9.17, 15) is 0 Å². The molecule has 0 saturated carbocycles. The summed E-state index contributed by atoms with van der Waals surface area (Å²) in [7, 11) is 0. The zero-order chi connectivity index (χ0) is 10.1. The van der Waals surface area contributed by atoms with Gasteiger partial charge in [-0.1, -0.05) is 36.4 Å². The number of alkyl halides is 1. The Labute approximate surface area is 102 Å². The molecule has 15 heavy (non-hydrogen) atoms. The first-order valence-electron chi connectivity index (χ1n) is 4.38. The second-order valence-corrected chi connectivity index (χ2v) is 2.91. The Balaban J connectivity index is 0.000000253. The van der Waals surface area contributed by atoms with E-state index >= 15 is 0 Å². The summed E-state index contributed by atoms with van der Waals surface area (Å²) in [5, 5.41) is 0. The van der Waals surface area contributed by atoms with Gasteiger partial charge in [0.2, 0.25) is 0 Å². The lowest BCUT2D eigenvalue weighted by atomic mass is 10.2. The molecule has 0 saturated heterocycles. The average molecular weight is 242 g/mol. The van der Waals surface area contributed by atoms with Crippen molar-refractivity contribution in [3.05, 3.63) is 66.5 Å². The van der Waals surface area contributed by atoms with Crippen molar-refractivity contribution in [3.63, 3.8) is 0 Å². The maximum Gasteiger partial charge on any atom is 0.0474 e. The van der Waals surface area contributed by atoms with Crippen LogP contribution in [0, 0.1) is 0 Å². The molecule has 1 nitrogen and oxygen atoms in total. The van der Waals surface area contributed by atoms with Crippen molar-refractivity contribution in [2.24, 2.45) is 0 Å². The van der Waals surface area contributed by atoms with E-state index in [1.807, 2.05) is 48.5 Å². The van der Waals surface area contributed by atoms with Crippen LogP contribution in [-0.2, 0) is 5.88 Å². The van der Waals surface area contributed by atoms with Crippen LogP contribution in [0.2, 0.25) is 0 Å². The molecule has 0 bridgehead atoms. The van der Waals surface area contributed by atoms with Gasteiger partial charge in [0.1, 0.15) is 0 Å². The third-order valence-corrected chi connectivity index (χ3v) is 1.87. The number of rotatable bonds is 1. The Morgan fingerprint density at radius 1 is 0.867 bits per heavy atom. The summed E-state index contributed by atoms with van der Waals surface area (Å²) >= 11 is 5.53. The molecule has 0 amide bonds. The predicted octanol–water partition coefficient (Wildman–Crippen LogP) is 3.93. The molecule has 0 aliphatic rings. The fraction of sp³-hybridized carbons (Fsp3) is 0.0833. The van der Waals surface area contributed by atoms with Crippen LogP contribution < -0.4 is 0 Å².